The van der Waals surface area contributed by atoms with E-state index in [2.05, 4.69) is 57.3 Å². The minimum Gasteiger partial charge on any atom is -0.275 e. The van der Waals surface area contributed by atoms with Crippen molar-refractivity contribution in [1.82, 2.24) is 14.8 Å². The number of para-hydroxylation sites is 1. The van der Waals surface area contributed by atoms with Crippen LogP contribution in [0.3, 0.4) is 0 Å². The summed E-state index contributed by atoms with van der Waals surface area (Å²) in [4.78, 5) is 0. The van der Waals surface area contributed by atoms with Gasteiger partial charge in [-0.05, 0) is 25.0 Å². The maximum Gasteiger partial charge on any atom is 0.168 e. The molecule has 2 aromatic carbocycles. The van der Waals surface area contributed by atoms with Crippen LogP contribution in [0.4, 0.5) is 0 Å². The van der Waals surface area contributed by atoms with Crippen molar-refractivity contribution in [3.8, 4) is 17.1 Å². The van der Waals surface area contributed by atoms with Crippen molar-refractivity contribution in [2.75, 3.05) is 0 Å². The smallest absolute Gasteiger partial charge is 0.168 e. The van der Waals surface area contributed by atoms with E-state index < -0.39 is 0 Å². The summed E-state index contributed by atoms with van der Waals surface area (Å²) in [5, 5.41) is 8.96. The fourth-order valence-corrected chi connectivity index (χ4v) is 2.85. The Morgan fingerprint density at radius 2 is 1.43 bits per heavy atom. The van der Waals surface area contributed by atoms with Gasteiger partial charge in [-0.3, -0.25) is 4.57 Å². The summed E-state index contributed by atoms with van der Waals surface area (Å²) in [6, 6.07) is 20.5. The van der Waals surface area contributed by atoms with Gasteiger partial charge in [-0.25, -0.2) is 0 Å². The first kappa shape index (κ1) is 13.7. The Bertz CT molecular complexity index is 858. The van der Waals surface area contributed by atoms with Gasteiger partial charge in [-0.1, -0.05) is 66.8 Å². The molecule has 1 heterocycles. The van der Waals surface area contributed by atoms with E-state index in [-0.39, 0.29) is 0 Å². The zero-order valence-corrected chi connectivity index (χ0v) is 12.8. The molecule has 0 unspecified atom stereocenters. The third-order valence-electron chi connectivity index (χ3n) is 3.96. The molecule has 23 heavy (non-hydrogen) atoms. The average molecular weight is 299 g/mol. The molecular weight excluding hydrogens is 282 g/mol. The van der Waals surface area contributed by atoms with Crippen LogP contribution in [0, 0.1) is 0 Å². The standard InChI is InChI=1S/C20H17N3/c1-4-10-16(11-5-1)19-21-22-20(17-12-6-2-7-13-17)23(19)18-14-8-3-9-15-18/h1,3-6,8-15H,2,7H2. The van der Waals surface area contributed by atoms with E-state index in [0.717, 1.165) is 41.3 Å². The second kappa shape index (κ2) is 6.05. The number of rotatable bonds is 3. The zero-order valence-electron chi connectivity index (χ0n) is 12.8. The van der Waals surface area contributed by atoms with Gasteiger partial charge in [-0.15, -0.1) is 10.2 Å². The van der Waals surface area contributed by atoms with Crippen LogP contribution in [-0.4, -0.2) is 14.8 Å². The van der Waals surface area contributed by atoms with Crippen LogP contribution in [-0.2, 0) is 0 Å². The molecule has 112 valence electrons. The number of aromatic nitrogens is 3. The highest BCUT2D eigenvalue weighted by Gasteiger charge is 2.17. The van der Waals surface area contributed by atoms with Gasteiger partial charge < -0.3 is 0 Å². The predicted molar refractivity (Wildman–Crippen MR) is 93.1 cm³/mol. The van der Waals surface area contributed by atoms with Gasteiger partial charge in [0.25, 0.3) is 0 Å². The van der Waals surface area contributed by atoms with Crippen LogP contribution in [0.15, 0.2) is 78.9 Å². The number of hydrogen-bond acceptors (Lipinski definition) is 2. The fraction of sp³-hybridized carbons (Fsp3) is 0.100. The fourth-order valence-electron chi connectivity index (χ4n) is 2.85. The molecule has 0 bridgehead atoms. The Labute approximate surface area is 135 Å². The lowest BCUT2D eigenvalue weighted by molar-refractivity contribution is 0.997. The summed E-state index contributed by atoms with van der Waals surface area (Å²) in [6.45, 7) is 0. The molecule has 1 aromatic heterocycles. The lowest BCUT2D eigenvalue weighted by atomic mass is 10.1. The van der Waals surface area contributed by atoms with E-state index in [0.29, 0.717) is 0 Å². The molecule has 1 aliphatic carbocycles. The Morgan fingerprint density at radius 3 is 2.13 bits per heavy atom. The third-order valence-corrected chi connectivity index (χ3v) is 3.96. The molecule has 0 fully saturated rings. The van der Waals surface area contributed by atoms with Crippen LogP contribution in [0.2, 0.25) is 0 Å². The molecule has 3 nitrogen and oxygen atoms in total. The maximum absolute atomic E-state index is 4.49. The van der Waals surface area contributed by atoms with Crippen molar-refractivity contribution in [2.24, 2.45) is 0 Å². The first-order valence-electron chi connectivity index (χ1n) is 7.87. The normalized spacial score (nSPS) is 13.8. The summed E-state index contributed by atoms with van der Waals surface area (Å²) in [5.74, 6) is 1.76. The third kappa shape index (κ3) is 2.61. The van der Waals surface area contributed by atoms with Crippen LogP contribution >= 0.6 is 0 Å². The molecule has 0 atom stereocenters. The van der Waals surface area contributed by atoms with Crippen molar-refractivity contribution in [1.29, 1.82) is 0 Å². The highest BCUT2D eigenvalue weighted by molar-refractivity contribution is 5.74. The lowest BCUT2D eigenvalue weighted by Crippen LogP contribution is -2.03. The second-order valence-corrected chi connectivity index (χ2v) is 5.52. The molecule has 0 N–H and O–H groups in total. The van der Waals surface area contributed by atoms with Crippen molar-refractivity contribution in [3.63, 3.8) is 0 Å². The minimum absolute atomic E-state index is 0.867. The molecule has 0 spiro atoms. The largest absolute Gasteiger partial charge is 0.275 e. The molecule has 3 heteroatoms. The Kier molecular flexibility index (Phi) is 3.60. The maximum atomic E-state index is 4.49. The molecule has 1 aliphatic rings. The molecule has 0 aliphatic heterocycles. The Balaban J connectivity index is 1.93. The first-order valence-corrected chi connectivity index (χ1v) is 7.87. The average Bonchev–Trinajstić information content (AvgIpc) is 3.09. The van der Waals surface area contributed by atoms with E-state index in [1.807, 2.05) is 36.4 Å². The van der Waals surface area contributed by atoms with Crippen molar-refractivity contribution in [2.45, 2.75) is 12.8 Å². The van der Waals surface area contributed by atoms with Crippen LogP contribution in [0.1, 0.15) is 18.7 Å². The van der Waals surface area contributed by atoms with Gasteiger partial charge in [0, 0.05) is 16.8 Å². The number of hydrogen-bond donors (Lipinski definition) is 0. The number of benzene rings is 2. The van der Waals surface area contributed by atoms with Gasteiger partial charge in [-0.2, -0.15) is 0 Å². The van der Waals surface area contributed by atoms with Crippen LogP contribution in [0.5, 0.6) is 0 Å². The van der Waals surface area contributed by atoms with Gasteiger partial charge >= 0.3 is 0 Å². The monoisotopic (exact) mass is 299 g/mol. The summed E-state index contributed by atoms with van der Waals surface area (Å²) in [7, 11) is 0. The van der Waals surface area contributed by atoms with Gasteiger partial charge in [0.1, 0.15) is 0 Å². The van der Waals surface area contributed by atoms with Gasteiger partial charge in [0.15, 0.2) is 11.6 Å². The van der Waals surface area contributed by atoms with Gasteiger partial charge in [0.2, 0.25) is 0 Å². The minimum atomic E-state index is 0.867. The summed E-state index contributed by atoms with van der Waals surface area (Å²) in [6.07, 6.45) is 8.71. The van der Waals surface area contributed by atoms with E-state index in [9.17, 15) is 0 Å². The quantitative estimate of drug-likeness (QED) is 0.703. The summed E-state index contributed by atoms with van der Waals surface area (Å²) in [5.41, 5.74) is 3.27. The van der Waals surface area contributed by atoms with Crippen molar-refractivity contribution < 1.29 is 0 Å². The van der Waals surface area contributed by atoms with Crippen LogP contribution in [0.25, 0.3) is 22.6 Å². The zero-order chi connectivity index (χ0) is 15.5. The molecule has 0 saturated carbocycles. The van der Waals surface area contributed by atoms with E-state index in [1.165, 1.54) is 0 Å². The topological polar surface area (TPSA) is 30.7 Å². The summed E-state index contributed by atoms with van der Waals surface area (Å²) < 4.78 is 2.14. The van der Waals surface area contributed by atoms with Crippen molar-refractivity contribution in [3.05, 3.63) is 84.7 Å². The SMILES string of the molecule is C1=CC(c2nnc(-c3ccccc3)n2-c2ccccc2)=CCC1. The second-order valence-electron chi connectivity index (χ2n) is 5.52. The van der Waals surface area contributed by atoms with Crippen LogP contribution < -0.4 is 0 Å². The molecule has 4 rings (SSSR count). The molecule has 0 amide bonds. The predicted octanol–water partition coefficient (Wildman–Crippen LogP) is 4.67. The van der Waals surface area contributed by atoms with Crippen molar-refractivity contribution >= 4 is 5.57 Å². The molecule has 0 saturated heterocycles. The number of nitrogens with zero attached hydrogens (tertiary/aromatic N) is 3. The number of allylic oxidation sites excluding steroid dienone is 4. The summed E-state index contributed by atoms with van der Waals surface area (Å²) >= 11 is 0. The van der Waals surface area contributed by atoms with E-state index >= 15 is 0 Å². The highest BCUT2D eigenvalue weighted by Crippen LogP contribution is 2.28. The highest BCUT2D eigenvalue weighted by atomic mass is 15.3. The molecule has 0 radical (unpaired) electrons. The van der Waals surface area contributed by atoms with E-state index in [4.69, 9.17) is 0 Å². The van der Waals surface area contributed by atoms with Gasteiger partial charge in [0.05, 0.1) is 0 Å². The molecular formula is C20H17N3. The van der Waals surface area contributed by atoms with E-state index in [1.54, 1.807) is 0 Å². The Morgan fingerprint density at radius 1 is 0.739 bits per heavy atom. The Hall–Kier alpha value is -2.94. The lowest BCUT2D eigenvalue weighted by Gasteiger charge is -2.12. The molecule has 3 aromatic rings. The first-order chi connectivity index (χ1) is 11.4.